The van der Waals surface area contributed by atoms with Crippen LogP contribution >= 0.6 is 19.2 Å². The van der Waals surface area contributed by atoms with Crippen LogP contribution < -0.4 is 4.90 Å². The highest BCUT2D eigenvalue weighted by Gasteiger charge is 2.34. The lowest BCUT2D eigenvalue weighted by atomic mass is 9.79. The minimum absolute atomic E-state index is 0.112. The maximum Gasteiger partial charge on any atom is 0.331 e. The molecule has 8 heteroatoms. The average Bonchev–Trinajstić information content (AvgIpc) is 2.78. The number of hydrogen-bond acceptors (Lipinski definition) is 6. The Balaban J connectivity index is 1.39. The Hall–Kier alpha value is -1.94. The third kappa shape index (κ3) is 6.00. The predicted octanol–water partition coefficient (Wildman–Crippen LogP) is 7.72. The molecule has 0 unspecified atom stereocenters. The van der Waals surface area contributed by atoms with E-state index in [0.717, 1.165) is 42.8 Å². The van der Waals surface area contributed by atoms with Gasteiger partial charge in [0.2, 0.25) is 0 Å². The first-order chi connectivity index (χ1) is 16.2. The van der Waals surface area contributed by atoms with Gasteiger partial charge in [0.05, 0.1) is 30.1 Å². The number of anilines is 2. The van der Waals surface area contributed by atoms with Crippen molar-refractivity contribution in [1.82, 2.24) is 9.97 Å². The van der Waals surface area contributed by atoms with Crippen LogP contribution in [0.4, 0.5) is 11.5 Å². The second kappa shape index (κ2) is 10.8. The van der Waals surface area contributed by atoms with Gasteiger partial charge in [-0.3, -0.25) is 9.46 Å². The van der Waals surface area contributed by atoms with E-state index in [1.54, 1.807) is 6.08 Å². The highest BCUT2D eigenvalue weighted by Crippen LogP contribution is 2.54. The highest BCUT2D eigenvalue weighted by molar-refractivity contribution is 7.53. The summed E-state index contributed by atoms with van der Waals surface area (Å²) in [7, 11) is -3.08. The molecule has 1 aliphatic carbocycles. The van der Waals surface area contributed by atoms with Crippen LogP contribution in [-0.2, 0) is 13.6 Å². The second-order valence-corrected chi connectivity index (χ2v) is 12.0. The van der Waals surface area contributed by atoms with Crippen molar-refractivity contribution in [1.29, 1.82) is 0 Å². The summed E-state index contributed by atoms with van der Waals surface area (Å²) in [6.07, 6.45) is 9.64. The molecule has 1 aromatic carbocycles. The first kappa shape index (κ1) is 25.2. The lowest BCUT2D eigenvalue weighted by Crippen LogP contribution is -2.20. The van der Waals surface area contributed by atoms with Crippen molar-refractivity contribution in [3.8, 4) is 0 Å². The minimum atomic E-state index is -3.08. The first-order valence-corrected chi connectivity index (χ1v) is 14.1. The fourth-order valence-corrected chi connectivity index (χ4v) is 7.48. The smallest absolute Gasteiger partial charge is 0.306 e. The van der Waals surface area contributed by atoms with E-state index >= 15 is 0 Å². The zero-order valence-electron chi connectivity index (χ0n) is 20.3. The van der Waals surface area contributed by atoms with Crippen molar-refractivity contribution < 1.29 is 13.6 Å². The van der Waals surface area contributed by atoms with E-state index in [1.165, 1.54) is 11.9 Å². The van der Waals surface area contributed by atoms with Crippen molar-refractivity contribution >= 4 is 36.8 Å². The Kier molecular flexibility index (Phi) is 7.97. The zero-order chi connectivity index (χ0) is 24.3. The maximum absolute atomic E-state index is 13.3. The van der Waals surface area contributed by atoms with Crippen LogP contribution in [-0.4, -0.2) is 28.3 Å². The van der Waals surface area contributed by atoms with E-state index in [4.69, 9.17) is 20.6 Å². The summed E-state index contributed by atoms with van der Waals surface area (Å²) in [5.41, 5.74) is 6.23. The monoisotopic (exact) mass is 501 g/mol. The topological polar surface area (TPSA) is 64.5 Å². The molecular formula is C26H33ClN3O3P. The zero-order valence-corrected chi connectivity index (χ0v) is 21.9. The van der Waals surface area contributed by atoms with E-state index in [0.29, 0.717) is 23.2 Å². The van der Waals surface area contributed by atoms with E-state index in [1.807, 2.05) is 38.8 Å². The number of hydrogen-bond donors (Lipinski definition) is 0. The standard InChI is InChI=1S/C26H33ClN3O3P/c1-18(2)32-34(31,33-19(3)4)16-20-7-9-21(10-8-20)22-11-13-23(14-12-22)30-15-5-6-24-25(27)28-17-29-26(24)30/h6,11-15,17-21H,7-10,16H2,1-4H3. The minimum Gasteiger partial charge on any atom is -0.306 e. The molecule has 0 saturated heterocycles. The largest absolute Gasteiger partial charge is 0.331 e. The van der Waals surface area contributed by atoms with Crippen molar-refractivity contribution in [2.24, 2.45) is 5.92 Å². The van der Waals surface area contributed by atoms with Gasteiger partial charge in [-0.1, -0.05) is 23.7 Å². The molecule has 6 nitrogen and oxygen atoms in total. The second-order valence-electron chi connectivity index (χ2n) is 9.62. The molecule has 1 fully saturated rings. The molecule has 0 N–H and O–H groups in total. The van der Waals surface area contributed by atoms with Crippen molar-refractivity contribution in [2.75, 3.05) is 11.1 Å². The van der Waals surface area contributed by atoms with Gasteiger partial charge in [-0.15, -0.1) is 5.73 Å². The van der Waals surface area contributed by atoms with Gasteiger partial charge in [-0.2, -0.15) is 0 Å². The normalized spacial score (nSPS) is 20.3. The first-order valence-electron chi connectivity index (χ1n) is 12.0. The van der Waals surface area contributed by atoms with E-state index in [2.05, 4.69) is 40.0 Å². The Morgan fingerprint density at radius 3 is 2.32 bits per heavy atom. The van der Waals surface area contributed by atoms with Crippen LogP contribution in [0, 0.1) is 5.92 Å². The van der Waals surface area contributed by atoms with Crippen LogP contribution in [0.1, 0.15) is 70.4 Å². The number of rotatable bonds is 8. The molecule has 1 aromatic heterocycles. The van der Waals surface area contributed by atoms with E-state index < -0.39 is 7.60 Å². The summed E-state index contributed by atoms with van der Waals surface area (Å²) in [4.78, 5) is 10.4. The Bertz CT molecular complexity index is 1090. The van der Waals surface area contributed by atoms with Gasteiger partial charge in [0.1, 0.15) is 17.3 Å². The number of halogens is 1. The summed E-state index contributed by atoms with van der Waals surface area (Å²) in [6, 6.07) is 8.63. The molecule has 2 heterocycles. The molecule has 0 spiro atoms. The molecule has 0 amide bonds. The van der Waals surface area contributed by atoms with Crippen LogP contribution in [0.15, 0.2) is 42.5 Å². The number of nitrogens with zero attached hydrogens (tertiary/aromatic N) is 3. The number of fused-ring (bicyclic) bond motifs is 1. The van der Waals surface area contributed by atoms with Gasteiger partial charge >= 0.3 is 7.60 Å². The fraction of sp³-hybridized carbons (Fsp3) is 0.500. The van der Waals surface area contributed by atoms with Gasteiger partial charge < -0.3 is 9.05 Å². The Morgan fingerprint density at radius 2 is 1.71 bits per heavy atom. The van der Waals surface area contributed by atoms with Crippen molar-refractivity contribution in [3.63, 3.8) is 0 Å². The van der Waals surface area contributed by atoms with E-state index in [9.17, 15) is 4.57 Å². The quantitative estimate of drug-likeness (QED) is 0.209. The van der Waals surface area contributed by atoms with Gasteiger partial charge in [-0.05, 0) is 89.0 Å². The van der Waals surface area contributed by atoms with Gasteiger partial charge in [0.15, 0.2) is 0 Å². The number of aromatic nitrogens is 2. The summed E-state index contributed by atoms with van der Waals surface area (Å²) >= 11 is 6.23. The molecule has 0 bridgehead atoms. The van der Waals surface area contributed by atoms with Gasteiger partial charge in [0, 0.05) is 5.69 Å². The molecule has 2 aromatic rings. The summed E-state index contributed by atoms with van der Waals surface area (Å²) in [5.74, 6) is 1.62. The molecule has 2 aliphatic rings. The fourth-order valence-electron chi connectivity index (χ4n) is 4.79. The molecule has 182 valence electrons. The van der Waals surface area contributed by atoms with Crippen LogP contribution in [0.5, 0.6) is 0 Å². The van der Waals surface area contributed by atoms with Crippen molar-refractivity contribution in [2.45, 2.75) is 71.5 Å². The molecule has 1 saturated carbocycles. The molecule has 0 atom stereocenters. The summed E-state index contributed by atoms with van der Waals surface area (Å²) in [6.45, 7) is 7.64. The predicted molar refractivity (Wildman–Crippen MR) is 138 cm³/mol. The van der Waals surface area contributed by atoms with Crippen molar-refractivity contribution in [3.05, 3.63) is 58.8 Å². The third-order valence-electron chi connectivity index (χ3n) is 6.19. The van der Waals surface area contributed by atoms with Crippen LogP contribution in [0.25, 0.3) is 6.08 Å². The highest BCUT2D eigenvalue weighted by atomic mass is 35.5. The molecular weight excluding hydrogens is 469 g/mol. The molecule has 34 heavy (non-hydrogen) atoms. The summed E-state index contributed by atoms with van der Waals surface area (Å²) < 4.78 is 24.8. The molecule has 4 rings (SSSR count). The van der Waals surface area contributed by atoms with E-state index in [-0.39, 0.29) is 12.2 Å². The lowest BCUT2D eigenvalue weighted by Gasteiger charge is -2.32. The van der Waals surface area contributed by atoms with Gasteiger partial charge in [-0.25, -0.2) is 9.97 Å². The maximum atomic E-state index is 13.3. The number of benzene rings is 1. The van der Waals surface area contributed by atoms with Crippen LogP contribution in [0.2, 0.25) is 5.15 Å². The Morgan fingerprint density at radius 1 is 1.06 bits per heavy atom. The average molecular weight is 502 g/mol. The summed E-state index contributed by atoms with van der Waals surface area (Å²) in [5, 5.41) is 0.422. The van der Waals surface area contributed by atoms with Gasteiger partial charge in [0.25, 0.3) is 0 Å². The lowest BCUT2D eigenvalue weighted by molar-refractivity contribution is 0.138. The third-order valence-corrected chi connectivity index (χ3v) is 8.94. The van der Waals surface area contributed by atoms with Crippen LogP contribution in [0.3, 0.4) is 0 Å². The molecule has 1 aliphatic heterocycles. The Labute approximate surface area is 207 Å². The molecule has 0 radical (unpaired) electrons. The SMILES string of the molecule is CC(C)OP(=O)(CC1CCC(c2ccc(N3C=C=Cc4c(Cl)ncnc43)cc2)CC1)OC(C)C.